The Kier molecular flexibility index (Phi) is 6.61. The Bertz CT molecular complexity index is 984. The van der Waals surface area contributed by atoms with Crippen LogP contribution in [0.15, 0.2) is 21.3 Å². The zero-order chi connectivity index (χ0) is 21.1. The number of carbonyl (C=O) groups is 1. The van der Waals surface area contributed by atoms with E-state index in [0.717, 1.165) is 75.0 Å². The molecule has 7 nitrogen and oxygen atoms in total. The maximum Gasteiger partial charge on any atom is 0.339 e. The first-order valence-corrected chi connectivity index (χ1v) is 10.9. The fraction of sp³-hybridized carbons (Fsp3) is 0.545. The highest BCUT2D eigenvalue weighted by molar-refractivity contribution is 6.32. The molecular weight excluding hydrogens is 408 g/mol. The highest BCUT2D eigenvalue weighted by Gasteiger charge is 2.21. The first kappa shape index (κ1) is 21.2. The van der Waals surface area contributed by atoms with Crippen molar-refractivity contribution in [2.24, 2.45) is 0 Å². The lowest BCUT2D eigenvalue weighted by atomic mass is 9.90. The molecule has 2 aliphatic rings. The van der Waals surface area contributed by atoms with Crippen LogP contribution in [0.5, 0.6) is 5.75 Å². The molecule has 2 aromatic rings. The van der Waals surface area contributed by atoms with Crippen LogP contribution < -0.4 is 15.7 Å². The number of rotatable bonds is 6. The summed E-state index contributed by atoms with van der Waals surface area (Å²) in [6.45, 7) is 6.20. The quantitative estimate of drug-likeness (QED) is 0.704. The SMILES string of the molecule is C[C@H](Oc1cc2oc(=O)c3c(c2cc1Cl)CCCC3)C(=O)NCCN1CCOCC1. The lowest BCUT2D eigenvalue weighted by molar-refractivity contribution is -0.127. The summed E-state index contributed by atoms with van der Waals surface area (Å²) in [6, 6.07) is 3.40. The van der Waals surface area contributed by atoms with Gasteiger partial charge in [-0.1, -0.05) is 11.6 Å². The number of amides is 1. The molecule has 0 spiro atoms. The number of benzene rings is 1. The fourth-order valence-corrected chi connectivity index (χ4v) is 4.29. The third-order valence-corrected chi connectivity index (χ3v) is 6.08. The molecule has 1 aromatic heterocycles. The average Bonchev–Trinajstić information content (AvgIpc) is 2.76. The van der Waals surface area contributed by atoms with E-state index in [1.165, 1.54) is 0 Å². The number of nitrogens with one attached hydrogen (secondary N) is 1. The number of nitrogens with zero attached hydrogens (tertiary/aromatic N) is 1. The van der Waals surface area contributed by atoms with Crippen LogP contribution in [0.4, 0.5) is 0 Å². The summed E-state index contributed by atoms with van der Waals surface area (Å²) in [5, 5.41) is 4.14. The molecule has 2 heterocycles. The molecule has 1 amide bonds. The van der Waals surface area contributed by atoms with Gasteiger partial charge >= 0.3 is 5.63 Å². The van der Waals surface area contributed by atoms with E-state index in [9.17, 15) is 9.59 Å². The van der Waals surface area contributed by atoms with Gasteiger partial charge in [-0.2, -0.15) is 0 Å². The molecule has 30 heavy (non-hydrogen) atoms. The van der Waals surface area contributed by atoms with Crippen molar-refractivity contribution in [1.82, 2.24) is 10.2 Å². The fourth-order valence-electron chi connectivity index (χ4n) is 4.08. The molecule has 0 saturated carbocycles. The van der Waals surface area contributed by atoms with E-state index < -0.39 is 6.10 Å². The molecule has 1 aliphatic carbocycles. The van der Waals surface area contributed by atoms with Gasteiger partial charge in [-0.3, -0.25) is 9.69 Å². The third-order valence-electron chi connectivity index (χ3n) is 5.78. The first-order chi connectivity index (χ1) is 14.5. The minimum atomic E-state index is -0.728. The monoisotopic (exact) mass is 434 g/mol. The van der Waals surface area contributed by atoms with Gasteiger partial charge in [0, 0.05) is 43.2 Å². The summed E-state index contributed by atoms with van der Waals surface area (Å²) in [4.78, 5) is 27.0. The molecule has 8 heteroatoms. The topological polar surface area (TPSA) is 81.0 Å². The van der Waals surface area contributed by atoms with Crippen LogP contribution >= 0.6 is 11.6 Å². The van der Waals surface area contributed by atoms with Crippen molar-refractivity contribution < 1.29 is 18.7 Å². The number of halogens is 1. The summed E-state index contributed by atoms with van der Waals surface area (Å²) in [5.41, 5.74) is 1.93. The largest absolute Gasteiger partial charge is 0.479 e. The summed E-state index contributed by atoms with van der Waals surface area (Å²) < 4.78 is 16.6. The second kappa shape index (κ2) is 9.37. The van der Waals surface area contributed by atoms with Crippen LogP contribution in [0.1, 0.15) is 30.9 Å². The lowest BCUT2D eigenvalue weighted by Crippen LogP contribution is -2.43. The van der Waals surface area contributed by atoms with Gasteiger partial charge in [-0.25, -0.2) is 4.79 Å². The smallest absolute Gasteiger partial charge is 0.339 e. The molecule has 1 aromatic carbocycles. The van der Waals surface area contributed by atoms with Crippen molar-refractivity contribution >= 4 is 28.5 Å². The Morgan fingerprint density at radius 2 is 1.97 bits per heavy atom. The van der Waals surface area contributed by atoms with Crippen molar-refractivity contribution in [2.75, 3.05) is 39.4 Å². The second-order valence-electron chi connectivity index (χ2n) is 7.84. The summed E-state index contributed by atoms with van der Waals surface area (Å²) in [7, 11) is 0. The molecular formula is C22H27ClN2O5. The van der Waals surface area contributed by atoms with Crippen molar-refractivity contribution in [1.29, 1.82) is 0 Å². The number of ether oxygens (including phenoxy) is 2. The van der Waals surface area contributed by atoms with E-state index in [2.05, 4.69) is 10.2 Å². The van der Waals surface area contributed by atoms with Crippen LogP contribution in [0.25, 0.3) is 11.0 Å². The molecule has 1 saturated heterocycles. The number of hydrogen-bond donors (Lipinski definition) is 1. The molecule has 1 atom stereocenters. The van der Waals surface area contributed by atoms with E-state index >= 15 is 0 Å². The van der Waals surface area contributed by atoms with E-state index in [-0.39, 0.29) is 11.5 Å². The van der Waals surface area contributed by atoms with Crippen molar-refractivity contribution in [2.45, 2.75) is 38.7 Å². The predicted molar refractivity (Wildman–Crippen MR) is 114 cm³/mol. The number of aryl methyl sites for hydroxylation is 1. The molecule has 0 bridgehead atoms. The highest BCUT2D eigenvalue weighted by Crippen LogP contribution is 2.34. The molecule has 162 valence electrons. The van der Waals surface area contributed by atoms with Gasteiger partial charge in [-0.15, -0.1) is 0 Å². The molecule has 0 unspecified atom stereocenters. The minimum absolute atomic E-state index is 0.216. The maximum absolute atomic E-state index is 12.4. The lowest BCUT2D eigenvalue weighted by Gasteiger charge is -2.26. The first-order valence-electron chi connectivity index (χ1n) is 10.6. The van der Waals surface area contributed by atoms with Gasteiger partial charge in [0.05, 0.1) is 18.2 Å². The molecule has 1 N–H and O–H groups in total. The zero-order valence-electron chi connectivity index (χ0n) is 17.2. The van der Waals surface area contributed by atoms with Crippen LogP contribution in [-0.4, -0.2) is 56.3 Å². The van der Waals surface area contributed by atoms with Gasteiger partial charge in [0.15, 0.2) is 6.10 Å². The van der Waals surface area contributed by atoms with Crippen molar-refractivity contribution in [3.8, 4) is 5.75 Å². The van der Waals surface area contributed by atoms with Gasteiger partial charge < -0.3 is 19.2 Å². The Labute approximate surface area is 180 Å². The standard InChI is InChI=1S/C22H27ClN2O5/c1-14(21(26)24-6-7-25-8-10-28-11-9-25)29-20-13-19-17(12-18(20)23)15-4-2-3-5-16(15)22(27)30-19/h12-14H,2-11H2,1H3,(H,24,26)/t14-/m0/s1. The number of carbonyl (C=O) groups excluding carboxylic acids is 1. The predicted octanol–water partition coefficient (Wildman–Crippen LogP) is 2.54. The van der Waals surface area contributed by atoms with Crippen LogP contribution in [-0.2, 0) is 22.4 Å². The summed E-state index contributed by atoms with van der Waals surface area (Å²) >= 11 is 6.45. The van der Waals surface area contributed by atoms with E-state index in [0.29, 0.717) is 22.9 Å². The third kappa shape index (κ3) is 4.63. The van der Waals surface area contributed by atoms with E-state index in [1.54, 1.807) is 19.1 Å². The van der Waals surface area contributed by atoms with E-state index in [4.69, 9.17) is 25.5 Å². The van der Waals surface area contributed by atoms with Crippen LogP contribution in [0, 0.1) is 0 Å². The van der Waals surface area contributed by atoms with Gasteiger partial charge in [0.2, 0.25) is 0 Å². The Hall–Kier alpha value is -2.09. The Morgan fingerprint density at radius 1 is 1.23 bits per heavy atom. The zero-order valence-corrected chi connectivity index (χ0v) is 17.9. The molecule has 1 fully saturated rings. The molecule has 4 rings (SSSR count). The Balaban J connectivity index is 1.43. The molecule has 1 aliphatic heterocycles. The Morgan fingerprint density at radius 3 is 2.73 bits per heavy atom. The average molecular weight is 435 g/mol. The highest BCUT2D eigenvalue weighted by atomic mass is 35.5. The number of fused-ring (bicyclic) bond motifs is 3. The summed E-state index contributed by atoms with van der Waals surface area (Å²) in [5.74, 6) is 0.116. The van der Waals surface area contributed by atoms with Crippen LogP contribution in [0.3, 0.4) is 0 Å². The van der Waals surface area contributed by atoms with Gasteiger partial charge in [0.1, 0.15) is 11.3 Å². The number of morpholine rings is 1. The van der Waals surface area contributed by atoms with Crippen LogP contribution in [0.2, 0.25) is 5.02 Å². The van der Waals surface area contributed by atoms with Gasteiger partial charge in [0.25, 0.3) is 5.91 Å². The maximum atomic E-state index is 12.4. The normalized spacial score (nSPS) is 18.1. The van der Waals surface area contributed by atoms with Gasteiger partial charge in [-0.05, 0) is 44.2 Å². The van der Waals surface area contributed by atoms with E-state index in [1.807, 2.05) is 0 Å². The van der Waals surface area contributed by atoms with Crippen molar-refractivity contribution in [3.63, 3.8) is 0 Å². The second-order valence-corrected chi connectivity index (χ2v) is 8.24. The minimum Gasteiger partial charge on any atom is -0.479 e. The molecule has 0 radical (unpaired) electrons. The summed E-state index contributed by atoms with van der Waals surface area (Å²) in [6.07, 6.45) is 2.90. The number of hydrogen-bond acceptors (Lipinski definition) is 6. The van der Waals surface area contributed by atoms with Crippen molar-refractivity contribution in [3.05, 3.63) is 38.7 Å².